The predicted molar refractivity (Wildman–Crippen MR) is 137 cm³/mol. The molecular weight excluding hydrogens is 517 g/mol. The van der Waals surface area contributed by atoms with Crippen molar-refractivity contribution in [3.8, 4) is 0 Å². The minimum atomic E-state index is -2.00. The lowest BCUT2D eigenvalue weighted by Crippen LogP contribution is -2.16. The van der Waals surface area contributed by atoms with E-state index in [-0.39, 0.29) is 48.7 Å². The van der Waals surface area contributed by atoms with Crippen LogP contribution in [0.5, 0.6) is 0 Å². The first-order valence-corrected chi connectivity index (χ1v) is 13.1. The van der Waals surface area contributed by atoms with E-state index in [1.165, 1.54) is 31.6 Å². The lowest BCUT2D eigenvalue weighted by molar-refractivity contribution is -0.135. The highest BCUT2D eigenvalue weighted by Gasteiger charge is 2.30. The Labute approximate surface area is 220 Å². The summed E-state index contributed by atoms with van der Waals surface area (Å²) in [7, 11) is -0.658. The van der Waals surface area contributed by atoms with Crippen LogP contribution in [0.3, 0.4) is 0 Å². The van der Waals surface area contributed by atoms with Gasteiger partial charge in [0.2, 0.25) is 0 Å². The molecule has 14 heteroatoms. The average molecular weight is 548 g/mol. The van der Waals surface area contributed by atoms with Gasteiger partial charge in [-0.3, -0.25) is 18.7 Å². The quantitative estimate of drug-likeness (QED) is 0.262. The average Bonchev–Trinajstić information content (AvgIpc) is 3.58. The van der Waals surface area contributed by atoms with Crippen LogP contribution in [-0.4, -0.2) is 62.2 Å². The lowest BCUT2D eigenvalue weighted by Gasteiger charge is -2.18. The van der Waals surface area contributed by atoms with Gasteiger partial charge in [0.05, 0.1) is 31.0 Å². The van der Waals surface area contributed by atoms with Gasteiger partial charge < -0.3 is 24.6 Å². The van der Waals surface area contributed by atoms with Crippen molar-refractivity contribution in [1.29, 1.82) is 0 Å². The molecule has 3 heterocycles. The van der Waals surface area contributed by atoms with Crippen LogP contribution in [-0.2, 0) is 23.1 Å². The van der Waals surface area contributed by atoms with E-state index in [1.807, 2.05) is 13.8 Å². The van der Waals surface area contributed by atoms with Gasteiger partial charge in [-0.05, 0) is 18.9 Å². The summed E-state index contributed by atoms with van der Waals surface area (Å²) in [5.74, 6) is -2.10. The molecule has 0 aliphatic carbocycles. The molecule has 1 aliphatic rings. The third kappa shape index (κ3) is 7.07. The zero-order valence-electron chi connectivity index (χ0n) is 21.3. The minimum absolute atomic E-state index is 0.0378. The van der Waals surface area contributed by atoms with E-state index in [4.69, 9.17) is 24.0 Å². The van der Waals surface area contributed by atoms with Crippen molar-refractivity contribution in [2.75, 3.05) is 19.5 Å². The SMILES string of the molecule is CC.COP(OCC1CCC(n2cnc3c(N)ncnc32)O1)OC(=O)CCC(=O)c1ccccc1C(=O)O. The van der Waals surface area contributed by atoms with Crippen molar-refractivity contribution >= 4 is 43.3 Å². The van der Waals surface area contributed by atoms with Crippen molar-refractivity contribution < 1.29 is 37.8 Å². The molecule has 3 unspecified atom stereocenters. The maximum absolute atomic E-state index is 12.4. The summed E-state index contributed by atoms with van der Waals surface area (Å²) >= 11 is 0. The molecule has 0 bridgehead atoms. The number of rotatable bonds is 11. The van der Waals surface area contributed by atoms with Crippen molar-refractivity contribution in [1.82, 2.24) is 19.5 Å². The highest BCUT2D eigenvalue weighted by Crippen LogP contribution is 2.41. The Balaban J connectivity index is 0.00000195. The van der Waals surface area contributed by atoms with Crippen LogP contribution in [0.2, 0.25) is 0 Å². The number of aromatic nitrogens is 4. The lowest BCUT2D eigenvalue weighted by atomic mass is 10.0. The number of nitrogens with zero attached hydrogens (tertiary/aromatic N) is 4. The number of imidazole rings is 1. The van der Waals surface area contributed by atoms with Crippen molar-refractivity contribution in [3.63, 3.8) is 0 Å². The molecule has 1 aromatic carbocycles. The number of benzene rings is 1. The molecule has 1 fully saturated rings. The highest BCUT2D eigenvalue weighted by atomic mass is 31.2. The summed E-state index contributed by atoms with van der Waals surface area (Å²) in [6.45, 7) is 4.12. The van der Waals surface area contributed by atoms with Gasteiger partial charge in [0, 0.05) is 19.1 Å². The standard InChI is InChI=1S/C22H24N5O8P.C2H6/c1-32-36(35-18(29)9-7-16(28)14-4-2-3-5-15(14)22(30)31)33-10-13-6-8-17(34-13)27-12-26-19-20(23)24-11-25-21(19)27;1-2/h2-5,11-13,17H,6-10H2,1H3,(H,30,31)(H2,23,24,25);1-2H3. The second-order valence-corrected chi connectivity index (χ2v) is 9.07. The summed E-state index contributed by atoms with van der Waals surface area (Å²) in [5, 5.41) is 9.22. The number of ketones is 1. The van der Waals surface area contributed by atoms with Crippen molar-refractivity contribution in [2.45, 2.75) is 51.9 Å². The Morgan fingerprint density at radius 2 is 1.87 bits per heavy atom. The molecule has 2 aromatic heterocycles. The van der Waals surface area contributed by atoms with E-state index in [0.29, 0.717) is 24.0 Å². The van der Waals surface area contributed by atoms with E-state index in [1.54, 1.807) is 17.0 Å². The third-order valence-electron chi connectivity index (χ3n) is 5.49. The van der Waals surface area contributed by atoms with Gasteiger partial charge in [-0.1, -0.05) is 32.0 Å². The predicted octanol–water partition coefficient (Wildman–Crippen LogP) is 3.91. The minimum Gasteiger partial charge on any atom is -0.478 e. The molecule has 3 aromatic rings. The van der Waals surface area contributed by atoms with Crippen LogP contribution < -0.4 is 5.73 Å². The first-order valence-electron chi connectivity index (χ1n) is 12.0. The Kier molecular flexibility index (Phi) is 10.6. The molecule has 0 radical (unpaired) electrons. The van der Waals surface area contributed by atoms with Gasteiger partial charge >= 0.3 is 20.5 Å². The maximum atomic E-state index is 12.4. The molecule has 4 rings (SSSR count). The number of aromatic carboxylic acids is 1. The number of hydrogen-bond acceptors (Lipinski definition) is 11. The number of carbonyl (C=O) groups is 3. The second kappa shape index (κ2) is 13.9. The number of carbonyl (C=O) groups excluding carboxylic acids is 2. The van der Waals surface area contributed by atoms with Gasteiger partial charge in [-0.15, -0.1) is 0 Å². The van der Waals surface area contributed by atoms with Gasteiger partial charge in [0.15, 0.2) is 17.2 Å². The smallest absolute Gasteiger partial charge is 0.399 e. The number of nitrogen functional groups attached to an aromatic ring is 1. The largest absolute Gasteiger partial charge is 0.478 e. The number of Topliss-reactive ketones (excluding diaryl/α,β-unsaturated/α-hetero) is 1. The fourth-order valence-electron chi connectivity index (χ4n) is 3.75. The Morgan fingerprint density at radius 3 is 2.58 bits per heavy atom. The zero-order valence-corrected chi connectivity index (χ0v) is 22.2. The molecule has 1 saturated heterocycles. The molecule has 3 N–H and O–H groups in total. The molecule has 1 aliphatic heterocycles. The van der Waals surface area contributed by atoms with Gasteiger partial charge in [-0.2, -0.15) is 0 Å². The molecule has 3 atom stereocenters. The number of ether oxygens (including phenoxy) is 1. The maximum Gasteiger partial charge on any atom is 0.399 e. The van der Waals surface area contributed by atoms with Crippen molar-refractivity contribution in [3.05, 3.63) is 48.0 Å². The summed E-state index contributed by atoms with van der Waals surface area (Å²) in [6.07, 6.45) is 3.29. The van der Waals surface area contributed by atoms with Crippen LogP contribution in [0, 0.1) is 0 Å². The molecule has 38 heavy (non-hydrogen) atoms. The van der Waals surface area contributed by atoms with E-state index in [0.717, 1.165) is 0 Å². The molecule has 13 nitrogen and oxygen atoms in total. The zero-order chi connectivity index (χ0) is 27.7. The summed E-state index contributed by atoms with van der Waals surface area (Å²) < 4.78 is 23.7. The number of hydrogen-bond donors (Lipinski definition) is 2. The van der Waals surface area contributed by atoms with Crippen LogP contribution in [0.15, 0.2) is 36.9 Å². The van der Waals surface area contributed by atoms with E-state index >= 15 is 0 Å². The first-order chi connectivity index (χ1) is 18.4. The number of nitrogens with two attached hydrogens (primary N) is 1. The molecule has 204 valence electrons. The highest BCUT2D eigenvalue weighted by molar-refractivity contribution is 7.42. The monoisotopic (exact) mass is 547 g/mol. The van der Waals surface area contributed by atoms with Crippen LogP contribution in [0.4, 0.5) is 5.82 Å². The van der Waals surface area contributed by atoms with Crippen LogP contribution in [0.1, 0.15) is 66.5 Å². The van der Waals surface area contributed by atoms with Gasteiger partial charge in [-0.25, -0.2) is 19.7 Å². The number of carboxylic acids is 1. The summed E-state index contributed by atoms with van der Waals surface area (Å²) in [5.41, 5.74) is 6.83. The summed E-state index contributed by atoms with van der Waals surface area (Å²) in [4.78, 5) is 48.3. The number of anilines is 1. The number of carboxylic acid groups (broad SMARTS) is 1. The van der Waals surface area contributed by atoms with Gasteiger partial charge in [0.25, 0.3) is 0 Å². The number of fused-ring (bicyclic) bond motifs is 1. The summed E-state index contributed by atoms with van der Waals surface area (Å²) in [6, 6.07) is 5.82. The molecule has 0 amide bonds. The van der Waals surface area contributed by atoms with Crippen LogP contribution >= 0.6 is 8.60 Å². The third-order valence-corrected chi connectivity index (χ3v) is 6.50. The van der Waals surface area contributed by atoms with Crippen LogP contribution in [0.25, 0.3) is 11.2 Å². The Bertz CT molecular complexity index is 1270. The molecule has 0 saturated carbocycles. The molecule has 0 spiro atoms. The van der Waals surface area contributed by atoms with E-state index < -0.39 is 26.3 Å². The van der Waals surface area contributed by atoms with E-state index in [2.05, 4.69) is 15.0 Å². The fraction of sp³-hybridized carbons (Fsp3) is 0.417. The van der Waals surface area contributed by atoms with E-state index in [9.17, 15) is 19.5 Å². The first kappa shape index (κ1) is 29.1. The normalized spacial score (nSPS) is 17.4. The Morgan fingerprint density at radius 1 is 1.13 bits per heavy atom. The van der Waals surface area contributed by atoms with Crippen molar-refractivity contribution in [2.24, 2.45) is 0 Å². The second-order valence-electron chi connectivity index (χ2n) is 7.81. The Hall–Kier alpha value is -3.51. The van der Waals surface area contributed by atoms with Gasteiger partial charge in [0.1, 0.15) is 18.1 Å². The molecular formula is C24H30N5O8P. The topological polar surface area (TPSA) is 178 Å². The fourth-order valence-corrected chi connectivity index (χ4v) is 4.53.